The van der Waals surface area contributed by atoms with E-state index in [4.69, 9.17) is 18.5 Å². The van der Waals surface area contributed by atoms with Crippen LogP contribution in [0.5, 0.6) is 5.75 Å². The highest BCUT2D eigenvalue weighted by Crippen LogP contribution is 2.33. The van der Waals surface area contributed by atoms with E-state index in [1.54, 1.807) is 26.1 Å². The molecule has 0 spiro atoms. The van der Waals surface area contributed by atoms with E-state index in [9.17, 15) is 9.69 Å². The summed E-state index contributed by atoms with van der Waals surface area (Å²) in [6.45, 7) is 4.63. The number of nitrogens with zero attached hydrogens (tertiary/aromatic N) is 1. The van der Waals surface area contributed by atoms with Crippen molar-refractivity contribution in [3.8, 4) is 5.75 Å². The zero-order chi connectivity index (χ0) is 18.2. The summed E-state index contributed by atoms with van der Waals surface area (Å²) in [5.74, 6) is 0.529. The smallest absolute Gasteiger partial charge is 0.465 e. The first kappa shape index (κ1) is 19.3. The molecule has 1 N–H and O–H groups in total. The number of hydrogen-bond donors (Lipinski definition) is 1. The van der Waals surface area contributed by atoms with Gasteiger partial charge in [0.1, 0.15) is 11.3 Å². The molecule has 0 saturated carbocycles. The molecule has 0 fully saturated rings. The Balaban J connectivity index is 1.76. The Morgan fingerprint density at radius 3 is 2.76 bits per heavy atom. The Labute approximate surface area is 146 Å². The number of carbonyl (C=O) groups excluding carboxylic acids is 1. The van der Waals surface area contributed by atoms with Gasteiger partial charge in [-0.3, -0.25) is 14.0 Å². The third-order valence-electron chi connectivity index (χ3n) is 3.00. The van der Waals surface area contributed by atoms with Crippen LogP contribution in [-0.2, 0) is 18.5 Å². The van der Waals surface area contributed by atoms with Crippen molar-refractivity contribution < 1.29 is 32.9 Å². The van der Waals surface area contributed by atoms with E-state index in [0.717, 1.165) is 10.9 Å². The topological polar surface area (TPSA) is 96.3 Å². The molecule has 1 aromatic heterocycles. The molecule has 1 atom stereocenters. The van der Waals surface area contributed by atoms with Gasteiger partial charge in [0.05, 0.1) is 6.10 Å². The standard InChI is InChI=1S/C16H20NO7P/c1-11(2)24-16(18)21-10-23-25(19)22-9-20-14-7-6-12(3)13-5-4-8-17-15(13)14/h4-8,11,19H,9-10H2,1-3H3. The molecule has 1 heterocycles. The minimum atomic E-state index is -2.26. The molecular weight excluding hydrogens is 349 g/mol. The lowest BCUT2D eigenvalue weighted by Crippen LogP contribution is -2.14. The number of carbonyl (C=O) groups is 1. The lowest BCUT2D eigenvalue weighted by atomic mass is 10.1. The molecule has 2 aromatic rings. The van der Waals surface area contributed by atoms with Crippen molar-refractivity contribution in [3.05, 3.63) is 36.0 Å². The minimum absolute atomic E-state index is 0.243. The number of ether oxygens (including phenoxy) is 3. The van der Waals surface area contributed by atoms with Crippen LogP contribution >= 0.6 is 8.60 Å². The summed E-state index contributed by atoms with van der Waals surface area (Å²) in [7, 11) is -2.26. The predicted molar refractivity (Wildman–Crippen MR) is 90.9 cm³/mol. The molecule has 8 nitrogen and oxygen atoms in total. The van der Waals surface area contributed by atoms with Crippen LogP contribution in [0.4, 0.5) is 4.79 Å². The Kier molecular flexibility index (Phi) is 7.33. The predicted octanol–water partition coefficient (Wildman–Crippen LogP) is 3.65. The highest BCUT2D eigenvalue weighted by atomic mass is 31.2. The summed E-state index contributed by atoms with van der Waals surface area (Å²) in [6, 6.07) is 7.48. The second-order valence-corrected chi connectivity index (χ2v) is 6.21. The molecule has 0 amide bonds. The van der Waals surface area contributed by atoms with Gasteiger partial charge in [-0.15, -0.1) is 0 Å². The first-order valence-corrected chi connectivity index (χ1v) is 8.65. The van der Waals surface area contributed by atoms with Crippen molar-refractivity contribution in [2.75, 3.05) is 13.6 Å². The monoisotopic (exact) mass is 369 g/mol. The molecule has 0 aliphatic rings. The third-order valence-corrected chi connectivity index (χ3v) is 3.65. The van der Waals surface area contributed by atoms with Crippen LogP contribution in [0.1, 0.15) is 19.4 Å². The second-order valence-electron chi connectivity index (χ2n) is 5.22. The van der Waals surface area contributed by atoms with E-state index in [-0.39, 0.29) is 12.9 Å². The van der Waals surface area contributed by atoms with Gasteiger partial charge in [-0.2, -0.15) is 0 Å². The maximum Gasteiger partial charge on any atom is 0.510 e. The van der Waals surface area contributed by atoms with E-state index < -0.39 is 21.6 Å². The highest BCUT2D eigenvalue weighted by Gasteiger charge is 2.12. The highest BCUT2D eigenvalue weighted by molar-refractivity contribution is 7.40. The largest absolute Gasteiger partial charge is 0.510 e. The van der Waals surface area contributed by atoms with Crippen molar-refractivity contribution in [2.45, 2.75) is 26.9 Å². The molecule has 0 radical (unpaired) electrons. The molecule has 1 unspecified atom stereocenters. The van der Waals surface area contributed by atoms with Crippen molar-refractivity contribution in [2.24, 2.45) is 0 Å². The lowest BCUT2D eigenvalue weighted by Gasteiger charge is -2.13. The van der Waals surface area contributed by atoms with Crippen molar-refractivity contribution >= 4 is 25.7 Å². The molecule has 0 aliphatic heterocycles. The van der Waals surface area contributed by atoms with Crippen LogP contribution in [0.3, 0.4) is 0 Å². The number of hydrogen-bond acceptors (Lipinski definition) is 8. The van der Waals surface area contributed by atoms with Gasteiger partial charge in [0.15, 0.2) is 6.79 Å². The van der Waals surface area contributed by atoms with Crippen molar-refractivity contribution in [1.29, 1.82) is 0 Å². The quantitative estimate of drug-likeness (QED) is 0.428. The molecule has 0 bridgehead atoms. The van der Waals surface area contributed by atoms with E-state index in [1.807, 2.05) is 25.1 Å². The molecule has 9 heteroatoms. The summed E-state index contributed by atoms with van der Waals surface area (Å²) >= 11 is 0. The van der Waals surface area contributed by atoms with Crippen LogP contribution < -0.4 is 4.74 Å². The Morgan fingerprint density at radius 2 is 2.00 bits per heavy atom. The van der Waals surface area contributed by atoms with E-state index in [1.165, 1.54) is 0 Å². The number of rotatable bonds is 8. The van der Waals surface area contributed by atoms with Gasteiger partial charge in [0.25, 0.3) is 0 Å². The maximum absolute atomic E-state index is 11.1. The van der Waals surface area contributed by atoms with Gasteiger partial charge in [-0.25, -0.2) is 4.79 Å². The van der Waals surface area contributed by atoms with Gasteiger partial charge in [0.2, 0.25) is 6.79 Å². The number of benzene rings is 1. The Bertz CT molecular complexity index is 710. The molecule has 136 valence electrons. The zero-order valence-corrected chi connectivity index (χ0v) is 15.1. The molecule has 0 aliphatic carbocycles. The van der Waals surface area contributed by atoms with Gasteiger partial charge in [0, 0.05) is 11.6 Å². The van der Waals surface area contributed by atoms with E-state index in [2.05, 4.69) is 9.72 Å². The van der Waals surface area contributed by atoms with E-state index >= 15 is 0 Å². The SMILES string of the molecule is Cc1ccc(OCOP(O)OCOC(=O)OC(C)C)c2ncccc12. The fourth-order valence-corrected chi connectivity index (χ4v) is 2.28. The lowest BCUT2D eigenvalue weighted by molar-refractivity contribution is -0.0171. The van der Waals surface area contributed by atoms with Crippen LogP contribution in [0.15, 0.2) is 30.5 Å². The minimum Gasteiger partial charge on any atom is -0.465 e. The summed E-state index contributed by atoms with van der Waals surface area (Å²) in [4.78, 5) is 25.0. The van der Waals surface area contributed by atoms with Gasteiger partial charge < -0.3 is 19.1 Å². The van der Waals surface area contributed by atoms with Gasteiger partial charge >= 0.3 is 14.8 Å². The average molecular weight is 369 g/mol. The summed E-state index contributed by atoms with van der Waals surface area (Å²) in [6.07, 6.45) is 0.489. The maximum atomic E-state index is 11.1. The van der Waals surface area contributed by atoms with Gasteiger partial charge in [-0.05, 0) is 38.5 Å². The van der Waals surface area contributed by atoms with Crippen LogP contribution in [0, 0.1) is 6.92 Å². The Hall–Kier alpha value is -1.99. The molecule has 2 rings (SSSR count). The van der Waals surface area contributed by atoms with Crippen LogP contribution in [-0.4, -0.2) is 35.7 Å². The first-order chi connectivity index (χ1) is 12.0. The van der Waals surface area contributed by atoms with Gasteiger partial charge in [-0.1, -0.05) is 12.1 Å². The summed E-state index contributed by atoms with van der Waals surface area (Å²) < 4.78 is 24.6. The summed E-state index contributed by atoms with van der Waals surface area (Å²) in [5.41, 5.74) is 1.78. The fourth-order valence-electron chi connectivity index (χ4n) is 1.92. The number of aryl methyl sites for hydroxylation is 1. The molecular formula is C16H20NO7P. The molecule has 0 saturated heterocycles. The van der Waals surface area contributed by atoms with E-state index in [0.29, 0.717) is 11.3 Å². The van der Waals surface area contributed by atoms with Crippen molar-refractivity contribution in [1.82, 2.24) is 4.98 Å². The molecule has 25 heavy (non-hydrogen) atoms. The van der Waals surface area contributed by atoms with Crippen LogP contribution in [0.2, 0.25) is 0 Å². The average Bonchev–Trinajstić information content (AvgIpc) is 2.56. The second kappa shape index (κ2) is 9.48. The normalized spacial score (nSPS) is 12.2. The summed E-state index contributed by atoms with van der Waals surface area (Å²) in [5, 5.41) is 0.972. The molecule has 1 aromatic carbocycles. The van der Waals surface area contributed by atoms with Crippen molar-refractivity contribution in [3.63, 3.8) is 0 Å². The fraction of sp³-hybridized carbons (Fsp3) is 0.375. The number of pyridine rings is 1. The van der Waals surface area contributed by atoms with Crippen LogP contribution in [0.25, 0.3) is 10.9 Å². The number of aromatic nitrogens is 1. The number of fused-ring (bicyclic) bond motifs is 1. The zero-order valence-electron chi connectivity index (χ0n) is 14.2. The Morgan fingerprint density at radius 1 is 1.24 bits per heavy atom. The first-order valence-electron chi connectivity index (χ1n) is 7.52. The third kappa shape index (κ3) is 6.10.